The lowest BCUT2D eigenvalue weighted by Gasteiger charge is -2.12. The predicted molar refractivity (Wildman–Crippen MR) is 119 cm³/mol. The van der Waals surface area contributed by atoms with Crippen molar-refractivity contribution in [1.82, 2.24) is 4.57 Å². The van der Waals surface area contributed by atoms with E-state index in [4.69, 9.17) is 4.74 Å². The average Bonchev–Trinajstić information content (AvgIpc) is 2.95. The molecule has 5 nitrogen and oxygen atoms in total. The van der Waals surface area contributed by atoms with E-state index >= 15 is 0 Å². The lowest BCUT2D eigenvalue weighted by Crippen LogP contribution is -2.15. The van der Waals surface area contributed by atoms with E-state index < -0.39 is 5.97 Å². The van der Waals surface area contributed by atoms with E-state index in [0.29, 0.717) is 23.4 Å². The highest BCUT2D eigenvalue weighted by Gasteiger charge is 2.27. The number of anilines is 1. The molecule has 0 atom stereocenters. The third-order valence-electron chi connectivity index (χ3n) is 5.41. The number of amides is 1. The number of hydrogen-bond acceptors (Lipinski definition) is 3. The highest BCUT2D eigenvalue weighted by atomic mass is 16.5. The van der Waals surface area contributed by atoms with Gasteiger partial charge in [-0.2, -0.15) is 0 Å². The van der Waals surface area contributed by atoms with Crippen LogP contribution < -0.4 is 5.32 Å². The molecule has 156 valence electrons. The van der Waals surface area contributed by atoms with Crippen LogP contribution in [0.15, 0.2) is 48.5 Å². The van der Waals surface area contributed by atoms with Crippen LogP contribution in [0.2, 0.25) is 0 Å². The second-order valence-electron chi connectivity index (χ2n) is 7.48. The van der Waals surface area contributed by atoms with Crippen molar-refractivity contribution < 1.29 is 14.3 Å². The Labute approximate surface area is 177 Å². The SMILES string of the molecule is CCOC(=O)c1c(C)c(C(=O)Nc2ccc(C)c(C)c2)c(C)n1Cc1ccccc1. The smallest absolute Gasteiger partial charge is 0.355 e. The molecule has 0 saturated heterocycles. The minimum atomic E-state index is -0.417. The molecule has 1 aromatic heterocycles. The van der Waals surface area contributed by atoms with Crippen molar-refractivity contribution in [3.8, 4) is 0 Å². The molecular formula is C25H28N2O3. The van der Waals surface area contributed by atoms with Gasteiger partial charge in [0, 0.05) is 17.9 Å². The van der Waals surface area contributed by atoms with Crippen LogP contribution in [0, 0.1) is 27.7 Å². The number of benzene rings is 2. The molecule has 0 aliphatic heterocycles. The molecule has 0 saturated carbocycles. The molecule has 1 N–H and O–H groups in total. The Kier molecular flexibility index (Phi) is 6.40. The number of aryl methyl sites for hydroxylation is 2. The lowest BCUT2D eigenvalue weighted by molar-refractivity contribution is 0.0513. The summed E-state index contributed by atoms with van der Waals surface area (Å²) in [6.07, 6.45) is 0. The Morgan fingerprint density at radius 2 is 1.67 bits per heavy atom. The zero-order valence-corrected chi connectivity index (χ0v) is 18.2. The fraction of sp³-hybridized carbons (Fsp3) is 0.280. The van der Waals surface area contributed by atoms with Crippen LogP contribution in [0.3, 0.4) is 0 Å². The standard InChI is InChI=1S/C25H28N2O3/c1-6-30-25(29)23-18(4)22(19(5)27(23)15-20-10-8-7-9-11-20)24(28)26-21-13-12-16(2)17(3)14-21/h7-14H,6,15H2,1-5H3,(H,26,28). The summed E-state index contributed by atoms with van der Waals surface area (Å²) in [5.74, 6) is -0.648. The molecule has 2 aromatic carbocycles. The van der Waals surface area contributed by atoms with Gasteiger partial charge in [-0.25, -0.2) is 4.79 Å². The number of aromatic nitrogens is 1. The van der Waals surface area contributed by atoms with Gasteiger partial charge in [-0.1, -0.05) is 36.4 Å². The van der Waals surface area contributed by atoms with Crippen molar-refractivity contribution in [1.29, 1.82) is 0 Å². The van der Waals surface area contributed by atoms with Gasteiger partial charge in [0.05, 0.1) is 12.2 Å². The van der Waals surface area contributed by atoms with Crippen LogP contribution in [0.5, 0.6) is 0 Å². The largest absolute Gasteiger partial charge is 0.461 e. The van der Waals surface area contributed by atoms with E-state index in [2.05, 4.69) is 5.32 Å². The van der Waals surface area contributed by atoms with Crippen molar-refractivity contribution in [3.05, 3.63) is 87.7 Å². The molecule has 0 radical (unpaired) electrons. The number of esters is 1. The first-order chi connectivity index (χ1) is 14.3. The summed E-state index contributed by atoms with van der Waals surface area (Å²) in [6, 6.07) is 15.7. The normalized spacial score (nSPS) is 10.7. The highest BCUT2D eigenvalue weighted by molar-refractivity contribution is 6.08. The van der Waals surface area contributed by atoms with Gasteiger partial charge in [0.25, 0.3) is 5.91 Å². The van der Waals surface area contributed by atoms with Gasteiger partial charge in [0.15, 0.2) is 0 Å². The maximum Gasteiger partial charge on any atom is 0.355 e. The Hall–Kier alpha value is -3.34. The van der Waals surface area contributed by atoms with Gasteiger partial charge in [-0.15, -0.1) is 0 Å². The minimum absolute atomic E-state index is 0.231. The Balaban J connectivity index is 2.03. The van der Waals surface area contributed by atoms with Gasteiger partial charge in [0.2, 0.25) is 0 Å². The predicted octanol–water partition coefficient (Wildman–Crippen LogP) is 5.20. The summed E-state index contributed by atoms with van der Waals surface area (Å²) >= 11 is 0. The van der Waals surface area contributed by atoms with E-state index in [1.807, 2.05) is 73.9 Å². The summed E-state index contributed by atoms with van der Waals surface area (Å²) in [6.45, 7) is 10.2. The van der Waals surface area contributed by atoms with Crippen molar-refractivity contribution in [2.45, 2.75) is 41.2 Å². The second-order valence-corrected chi connectivity index (χ2v) is 7.48. The Bertz CT molecular complexity index is 1080. The summed E-state index contributed by atoms with van der Waals surface area (Å²) in [7, 11) is 0. The lowest BCUT2D eigenvalue weighted by atomic mass is 10.1. The van der Waals surface area contributed by atoms with E-state index in [0.717, 1.165) is 22.5 Å². The minimum Gasteiger partial charge on any atom is -0.461 e. The molecule has 1 heterocycles. The van der Waals surface area contributed by atoms with Crippen LogP contribution in [0.4, 0.5) is 5.69 Å². The fourth-order valence-electron chi connectivity index (χ4n) is 3.67. The Morgan fingerprint density at radius 1 is 0.967 bits per heavy atom. The molecule has 0 bridgehead atoms. The summed E-state index contributed by atoms with van der Waals surface area (Å²) in [5, 5.41) is 2.98. The van der Waals surface area contributed by atoms with Crippen molar-refractivity contribution >= 4 is 17.6 Å². The maximum absolute atomic E-state index is 13.2. The number of nitrogens with zero attached hydrogens (tertiary/aromatic N) is 1. The van der Waals surface area contributed by atoms with Gasteiger partial charge in [-0.3, -0.25) is 4.79 Å². The van der Waals surface area contributed by atoms with Crippen molar-refractivity contribution in [2.75, 3.05) is 11.9 Å². The highest BCUT2D eigenvalue weighted by Crippen LogP contribution is 2.26. The molecule has 1 amide bonds. The molecule has 30 heavy (non-hydrogen) atoms. The van der Waals surface area contributed by atoms with Gasteiger partial charge in [-0.05, 0) is 69.0 Å². The first-order valence-electron chi connectivity index (χ1n) is 10.1. The third kappa shape index (κ3) is 4.30. The van der Waals surface area contributed by atoms with Gasteiger partial charge in [0.1, 0.15) is 5.69 Å². The fourth-order valence-corrected chi connectivity index (χ4v) is 3.67. The number of carbonyl (C=O) groups excluding carboxylic acids is 2. The summed E-state index contributed by atoms with van der Waals surface area (Å²) in [4.78, 5) is 25.9. The van der Waals surface area contributed by atoms with E-state index in [1.54, 1.807) is 13.8 Å². The number of hydrogen-bond donors (Lipinski definition) is 1. The van der Waals surface area contributed by atoms with Gasteiger partial charge < -0.3 is 14.6 Å². The molecule has 3 rings (SSSR count). The molecule has 0 spiro atoms. The van der Waals surface area contributed by atoms with Crippen LogP contribution in [-0.2, 0) is 11.3 Å². The monoisotopic (exact) mass is 404 g/mol. The maximum atomic E-state index is 13.2. The zero-order chi connectivity index (χ0) is 21.8. The number of nitrogens with one attached hydrogen (secondary N) is 1. The van der Waals surface area contributed by atoms with Gasteiger partial charge >= 0.3 is 5.97 Å². The van der Waals surface area contributed by atoms with Crippen LogP contribution in [0.1, 0.15) is 55.7 Å². The summed E-state index contributed by atoms with van der Waals surface area (Å²) in [5.41, 5.74) is 6.34. The van der Waals surface area contributed by atoms with E-state index in [1.165, 1.54) is 5.56 Å². The number of carbonyl (C=O) groups is 2. The molecule has 0 unspecified atom stereocenters. The molecule has 3 aromatic rings. The first kappa shape index (κ1) is 21.4. The first-order valence-corrected chi connectivity index (χ1v) is 10.1. The summed E-state index contributed by atoms with van der Waals surface area (Å²) < 4.78 is 7.16. The third-order valence-corrected chi connectivity index (χ3v) is 5.41. The van der Waals surface area contributed by atoms with Crippen LogP contribution >= 0.6 is 0 Å². The zero-order valence-electron chi connectivity index (χ0n) is 18.2. The number of ether oxygens (including phenoxy) is 1. The average molecular weight is 405 g/mol. The van der Waals surface area contributed by atoms with Crippen molar-refractivity contribution in [2.24, 2.45) is 0 Å². The molecule has 5 heteroatoms. The van der Waals surface area contributed by atoms with Crippen molar-refractivity contribution in [3.63, 3.8) is 0 Å². The van der Waals surface area contributed by atoms with Crippen LogP contribution in [0.25, 0.3) is 0 Å². The molecular weight excluding hydrogens is 376 g/mol. The van der Waals surface area contributed by atoms with Crippen LogP contribution in [-0.4, -0.2) is 23.1 Å². The quantitative estimate of drug-likeness (QED) is 0.575. The number of rotatable bonds is 6. The topological polar surface area (TPSA) is 60.3 Å². The second kappa shape index (κ2) is 8.99. The van der Waals surface area contributed by atoms with E-state index in [-0.39, 0.29) is 12.5 Å². The Morgan fingerprint density at radius 3 is 2.30 bits per heavy atom. The molecule has 0 aliphatic rings. The molecule has 0 fully saturated rings. The molecule has 0 aliphatic carbocycles. The van der Waals surface area contributed by atoms with E-state index in [9.17, 15) is 9.59 Å².